The van der Waals surface area contributed by atoms with E-state index in [2.05, 4.69) is 19.1 Å². The number of allylic oxidation sites excluding steroid dienone is 6. The summed E-state index contributed by atoms with van der Waals surface area (Å²) in [6.07, 6.45) is 23.5. The van der Waals surface area contributed by atoms with Crippen molar-refractivity contribution in [2.24, 2.45) is 23.2 Å². The van der Waals surface area contributed by atoms with Gasteiger partial charge in [0.2, 0.25) is 0 Å². The quantitative estimate of drug-likeness (QED) is 0.275. The van der Waals surface area contributed by atoms with Crippen molar-refractivity contribution in [2.45, 2.75) is 90.6 Å². The highest BCUT2D eigenvalue weighted by Crippen LogP contribution is 2.48. The lowest BCUT2D eigenvalue weighted by Gasteiger charge is -2.42. The smallest absolute Gasteiger partial charge is 0.332 e. The lowest BCUT2D eigenvalue weighted by Crippen LogP contribution is -2.28. The van der Waals surface area contributed by atoms with E-state index in [1.54, 1.807) is 6.08 Å². The van der Waals surface area contributed by atoms with Gasteiger partial charge in [0.15, 0.2) is 11.9 Å². The van der Waals surface area contributed by atoms with E-state index in [1.807, 2.05) is 25.2 Å². The summed E-state index contributed by atoms with van der Waals surface area (Å²) in [6, 6.07) is 0. The van der Waals surface area contributed by atoms with E-state index in [-0.39, 0.29) is 30.0 Å². The van der Waals surface area contributed by atoms with Gasteiger partial charge in [-0.15, -0.1) is 0 Å². The second kappa shape index (κ2) is 12.2. The molecule has 0 heterocycles. The monoisotopic (exact) mass is 416 g/mol. The van der Waals surface area contributed by atoms with Crippen LogP contribution in [0.15, 0.2) is 36.5 Å². The molecule has 0 aliphatic heterocycles. The Balaban J connectivity index is 1.81. The van der Waals surface area contributed by atoms with Crippen molar-refractivity contribution in [2.75, 3.05) is 0 Å². The van der Waals surface area contributed by atoms with Crippen LogP contribution in [0.3, 0.4) is 0 Å². The van der Waals surface area contributed by atoms with Gasteiger partial charge >= 0.3 is 5.97 Å². The first-order valence-electron chi connectivity index (χ1n) is 11.8. The normalized spacial score (nSPS) is 25.1. The van der Waals surface area contributed by atoms with Crippen LogP contribution in [0.4, 0.5) is 0 Å². The van der Waals surface area contributed by atoms with Gasteiger partial charge in [0.25, 0.3) is 0 Å². The van der Waals surface area contributed by atoms with E-state index in [0.29, 0.717) is 11.8 Å². The molecule has 2 unspecified atom stereocenters. The van der Waals surface area contributed by atoms with Crippen LogP contribution >= 0.6 is 0 Å². The summed E-state index contributed by atoms with van der Waals surface area (Å²) in [5.41, 5.74) is 0.506. The third-order valence-electron chi connectivity index (χ3n) is 6.93. The van der Waals surface area contributed by atoms with E-state index in [4.69, 9.17) is 5.11 Å². The molecule has 4 atom stereocenters. The van der Waals surface area contributed by atoms with Gasteiger partial charge in [-0.3, -0.25) is 4.79 Å². The molecule has 0 spiro atoms. The zero-order valence-corrected chi connectivity index (χ0v) is 18.8. The van der Waals surface area contributed by atoms with E-state index < -0.39 is 12.1 Å². The molecule has 2 aliphatic rings. The average molecular weight is 417 g/mol. The lowest BCUT2D eigenvalue weighted by molar-refractivity contribution is -0.147. The second-order valence-corrected chi connectivity index (χ2v) is 9.47. The van der Waals surface area contributed by atoms with Crippen molar-refractivity contribution in [3.8, 4) is 0 Å². The number of carbonyl (C=O) groups excluding carboxylic acids is 1. The van der Waals surface area contributed by atoms with Gasteiger partial charge in [-0.2, -0.15) is 0 Å². The number of aliphatic hydroxyl groups excluding tert-OH is 1. The van der Waals surface area contributed by atoms with E-state index in [1.165, 1.54) is 51.4 Å². The van der Waals surface area contributed by atoms with Gasteiger partial charge in [-0.25, -0.2) is 4.79 Å². The van der Waals surface area contributed by atoms with Gasteiger partial charge in [0.05, 0.1) is 0 Å². The number of aliphatic hydroxyl groups is 1. The summed E-state index contributed by atoms with van der Waals surface area (Å²) < 4.78 is 0. The van der Waals surface area contributed by atoms with Crippen LogP contribution in [0.25, 0.3) is 0 Å². The van der Waals surface area contributed by atoms with Crippen molar-refractivity contribution in [1.29, 1.82) is 0 Å². The van der Waals surface area contributed by atoms with Crippen LogP contribution in [-0.2, 0) is 9.59 Å². The Morgan fingerprint density at radius 1 is 1.27 bits per heavy atom. The van der Waals surface area contributed by atoms with Gasteiger partial charge < -0.3 is 10.2 Å². The summed E-state index contributed by atoms with van der Waals surface area (Å²) >= 11 is 0. The summed E-state index contributed by atoms with van der Waals surface area (Å²) in [5, 5.41) is 18.3. The molecule has 0 saturated heterocycles. The van der Waals surface area contributed by atoms with Crippen LogP contribution in [0.1, 0.15) is 84.5 Å². The Bertz CT molecular complexity index is 641. The molecule has 2 rings (SSSR count). The van der Waals surface area contributed by atoms with Gasteiger partial charge in [0.1, 0.15) is 0 Å². The molecule has 1 fully saturated rings. The average Bonchev–Trinajstić information content (AvgIpc) is 3.02. The molecule has 0 aromatic heterocycles. The minimum Gasteiger partial charge on any atom is -0.479 e. The number of hydrogen-bond acceptors (Lipinski definition) is 3. The Morgan fingerprint density at radius 3 is 2.67 bits per heavy atom. The lowest BCUT2D eigenvalue weighted by atomic mass is 9.64. The standard InChI is InChI=1S/C26H40O4/c1-3-4-5-6-15-26(17-9-18-26)16-8-11-21-13-14-23(27)22(21)12-7-10-20(2)19-24(28)25(29)30/h7-8,10-11,13-14,20-22,24,28H,3-6,9,12,15-19H2,1-2H3,(H,29,30)/t20?,21-,22+,24?/m0/s1. The molecule has 0 aromatic rings. The van der Waals surface area contributed by atoms with Crippen LogP contribution in [0.2, 0.25) is 0 Å². The first-order valence-corrected chi connectivity index (χ1v) is 11.8. The van der Waals surface area contributed by atoms with Crippen molar-refractivity contribution >= 4 is 11.8 Å². The minimum absolute atomic E-state index is 0.0410. The molecule has 0 bridgehead atoms. The Hall–Kier alpha value is -1.68. The predicted octanol–water partition coefficient (Wildman–Crippen LogP) is 5.86. The third kappa shape index (κ3) is 7.54. The molecular weight excluding hydrogens is 376 g/mol. The molecule has 2 N–H and O–H groups in total. The van der Waals surface area contributed by atoms with Crippen molar-refractivity contribution in [3.05, 3.63) is 36.5 Å². The van der Waals surface area contributed by atoms with Crippen LogP contribution < -0.4 is 0 Å². The fraction of sp³-hybridized carbons (Fsp3) is 0.692. The van der Waals surface area contributed by atoms with Gasteiger partial charge in [-0.1, -0.05) is 76.3 Å². The number of rotatable bonds is 14. The molecule has 4 heteroatoms. The van der Waals surface area contributed by atoms with Crippen LogP contribution in [0.5, 0.6) is 0 Å². The Morgan fingerprint density at radius 2 is 2.03 bits per heavy atom. The van der Waals surface area contributed by atoms with E-state index in [9.17, 15) is 14.7 Å². The molecule has 1 saturated carbocycles. The zero-order chi connectivity index (χ0) is 22.0. The summed E-state index contributed by atoms with van der Waals surface area (Å²) in [5.74, 6) is -0.966. The SMILES string of the molecule is CCCCCCC1(CC=C[C@H]2C=CC(=O)[C@@H]2CC=CC(C)CC(O)C(=O)O)CCC1. The van der Waals surface area contributed by atoms with E-state index in [0.717, 1.165) is 6.42 Å². The molecule has 4 nitrogen and oxygen atoms in total. The highest BCUT2D eigenvalue weighted by atomic mass is 16.4. The van der Waals surface area contributed by atoms with Gasteiger partial charge in [0, 0.05) is 11.8 Å². The summed E-state index contributed by atoms with van der Waals surface area (Å²) in [7, 11) is 0. The highest BCUT2D eigenvalue weighted by Gasteiger charge is 2.35. The first kappa shape index (κ1) is 24.6. The molecular formula is C26H40O4. The summed E-state index contributed by atoms with van der Waals surface area (Å²) in [4.78, 5) is 23.0. The summed E-state index contributed by atoms with van der Waals surface area (Å²) in [6.45, 7) is 4.14. The van der Waals surface area contributed by atoms with E-state index >= 15 is 0 Å². The Kier molecular flexibility index (Phi) is 10.0. The molecule has 0 amide bonds. The molecule has 168 valence electrons. The van der Waals surface area contributed by atoms with Crippen molar-refractivity contribution in [3.63, 3.8) is 0 Å². The number of carbonyl (C=O) groups is 2. The molecule has 0 aromatic carbocycles. The zero-order valence-electron chi connectivity index (χ0n) is 18.8. The second-order valence-electron chi connectivity index (χ2n) is 9.47. The molecule has 0 radical (unpaired) electrons. The number of ketones is 1. The Labute approximate surface area is 182 Å². The predicted molar refractivity (Wildman–Crippen MR) is 121 cm³/mol. The molecule has 30 heavy (non-hydrogen) atoms. The fourth-order valence-electron chi connectivity index (χ4n) is 4.75. The van der Waals surface area contributed by atoms with Crippen LogP contribution in [0, 0.1) is 23.2 Å². The van der Waals surface area contributed by atoms with Gasteiger partial charge in [-0.05, 0) is 55.9 Å². The maximum atomic E-state index is 12.3. The minimum atomic E-state index is -1.34. The topological polar surface area (TPSA) is 74.6 Å². The maximum absolute atomic E-state index is 12.3. The largest absolute Gasteiger partial charge is 0.479 e. The number of unbranched alkanes of at least 4 members (excludes halogenated alkanes) is 3. The first-order chi connectivity index (χ1) is 14.4. The maximum Gasteiger partial charge on any atom is 0.332 e. The number of carboxylic acids is 1. The van der Waals surface area contributed by atoms with Crippen molar-refractivity contribution in [1.82, 2.24) is 0 Å². The fourth-order valence-corrected chi connectivity index (χ4v) is 4.75. The van der Waals surface area contributed by atoms with Crippen molar-refractivity contribution < 1.29 is 19.8 Å². The van der Waals surface area contributed by atoms with Crippen LogP contribution in [-0.4, -0.2) is 28.1 Å². The molecule has 2 aliphatic carbocycles. The number of carboxylic acid groups (broad SMARTS) is 1. The highest BCUT2D eigenvalue weighted by molar-refractivity contribution is 5.95. The number of hydrogen-bond donors (Lipinski definition) is 2. The third-order valence-corrected chi connectivity index (χ3v) is 6.93. The number of aliphatic carboxylic acids is 1.